The molecule has 0 radical (unpaired) electrons. The number of ketones is 1. The second-order valence-corrected chi connectivity index (χ2v) is 7.28. The summed E-state index contributed by atoms with van der Waals surface area (Å²) in [5, 5.41) is 10.4. The number of ether oxygens (including phenoxy) is 2. The first-order chi connectivity index (χ1) is 14.0. The molecule has 0 saturated carbocycles. The SMILES string of the molecule is COc1cc(C(C)=O)ccc1OC[C@@H](O)C[NH+]1CCN(c2ccccc2F)CC1. The van der Waals surface area contributed by atoms with Crippen LogP contribution in [0.2, 0.25) is 0 Å². The van der Waals surface area contributed by atoms with Crippen molar-refractivity contribution in [2.45, 2.75) is 13.0 Å². The fourth-order valence-corrected chi connectivity index (χ4v) is 3.56. The number of hydrogen-bond acceptors (Lipinski definition) is 5. The van der Waals surface area contributed by atoms with Crippen molar-refractivity contribution in [3.63, 3.8) is 0 Å². The zero-order chi connectivity index (χ0) is 20.8. The zero-order valence-electron chi connectivity index (χ0n) is 16.9. The number of Topliss-reactive ketones (excluding diaryl/α,β-unsaturated/α-hetero) is 1. The van der Waals surface area contributed by atoms with Gasteiger partial charge in [0.15, 0.2) is 17.3 Å². The number of carbonyl (C=O) groups is 1. The quantitative estimate of drug-likeness (QED) is 0.649. The van der Waals surface area contributed by atoms with Crippen LogP contribution in [0.1, 0.15) is 17.3 Å². The van der Waals surface area contributed by atoms with Crippen molar-refractivity contribution in [1.29, 1.82) is 0 Å². The predicted octanol–water partition coefficient (Wildman–Crippen LogP) is 1.18. The summed E-state index contributed by atoms with van der Waals surface area (Å²) in [5.74, 6) is 0.716. The van der Waals surface area contributed by atoms with Gasteiger partial charge in [-0.05, 0) is 37.3 Å². The number of methoxy groups -OCH3 is 1. The highest BCUT2D eigenvalue weighted by atomic mass is 19.1. The highest BCUT2D eigenvalue weighted by Crippen LogP contribution is 2.28. The first kappa shape index (κ1) is 21.1. The Morgan fingerprint density at radius 3 is 2.59 bits per heavy atom. The minimum Gasteiger partial charge on any atom is -0.493 e. The lowest BCUT2D eigenvalue weighted by Crippen LogP contribution is -3.16. The van der Waals surface area contributed by atoms with Crippen molar-refractivity contribution in [1.82, 2.24) is 0 Å². The van der Waals surface area contributed by atoms with Crippen molar-refractivity contribution in [3.8, 4) is 11.5 Å². The predicted molar refractivity (Wildman–Crippen MR) is 109 cm³/mol. The van der Waals surface area contributed by atoms with Gasteiger partial charge in [-0.1, -0.05) is 12.1 Å². The average Bonchev–Trinajstić information content (AvgIpc) is 2.73. The van der Waals surface area contributed by atoms with Crippen LogP contribution < -0.4 is 19.3 Å². The molecule has 0 aliphatic carbocycles. The summed E-state index contributed by atoms with van der Waals surface area (Å²) in [6.07, 6.45) is -0.637. The summed E-state index contributed by atoms with van der Waals surface area (Å²) in [6, 6.07) is 11.8. The van der Waals surface area contributed by atoms with Gasteiger partial charge in [0.05, 0.1) is 39.0 Å². The number of hydrogen-bond donors (Lipinski definition) is 2. The number of para-hydroxylation sites is 1. The van der Waals surface area contributed by atoms with Crippen LogP contribution in [0, 0.1) is 5.82 Å². The summed E-state index contributed by atoms with van der Waals surface area (Å²) < 4.78 is 24.9. The molecule has 0 aromatic heterocycles. The van der Waals surface area contributed by atoms with E-state index in [1.165, 1.54) is 25.0 Å². The Hall–Kier alpha value is -2.64. The van der Waals surface area contributed by atoms with Gasteiger partial charge in [0.2, 0.25) is 0 Å². The number of piperazine rings is 1. The number of carbonyl (C=O) groups excluding carboxylic acids is 1. The van der Waals surface area contributed by atoms with E-state index >= 15 is 0 Å². The number of aliphatic hydroxyl groups excluding tert-OH is 1. The fourth-order valence-electron chi connectivity index (χ4n) is 3.56. The summed E-state index contributed by atoms with van der Waals surface area (Å²) >= 11 is 0. The molecular formula is C22H28FN2O4+. The van der Waals surface area contributed by atoms with E-state index in [-0.39, 0.29) is 18.2 Å². The Labute approximate surface area is 170 Å². The van der Waals surface area contributed by atoms with E-state index in [4.69, 9.17) is 9.47 Å². The van der Waals surface area contributed by atoms with E-state index in [0.29, 0.717) is 29.3 Å². The minimum atomic E-state index is -0.637. The van der Waals surface area contributed by atoms with Crippen molar-refractivity contribution in [2.24, 2.45) is 0 Å². The van der Waals surface area contributed by atoms with Gasteiger partial charge in [-0.2, -0.15) is 0 Å². The molecule has 1 atom stereocenters. The summed E-state index contributed by atoms with van der Waals surface area (Å²) in [6.45, 7) is 5.31. The van der Waals surface area contributed by atoms with E-state index in [9.17, 15) is 14.3 Å². The molecule has 2 aromatic carbocycles. The lowest BCUT2D eigenvalue weighted by molar-refractivity contribution is -0.903. The lowest BCUT2D eigenvalue weighted by Gasteiger charge is -2.34. The first-order valence-electron chi connectivity index (χ1n) is 9.81. The normalized spacial score (nSPS) is 15.8. The van der Waals surface area contributed by atoms with Crippen LogP contribution in [0.25, 0.3) is 0 Å². The van der Waals surface area contributed by atoms with Crippen LogP contribution in [0.3, 0.4) is 0 Å². The number of benzene rings is 2. The average molecular weight is 403 g/mol. The van der Waals surface area contributed by atoms with Crippen LogP contribution in [-0.4, -0.2) is 63.4 Å². The number of rotatable bonds is 8. The molecule has 0 bridgehead atoms. The summed E-state index contributed by atoms with van der Waals surface area (Å²) in [5.41, 5.74) is 1.18. The van der Waals surface area contributed by atoms with Crippen LogP contribution in [-0.2, 0) is 0 Å². The van der Waals surface area contributed by atoms with Crippen molar-refractivity contribution in [2.75, 3.05) is 51.3 Å². The fraction of sp³-hybridized carbons (Fsp3) is 0.409. The minimum absolute atomic E-state index is 0.0481. The van der Waals surface area contributed by atoms with E-state index in [0.717, 1.165) is 26.2 Å². The highest BCUT2D eigenvalue weighted by Gasteiger charge is 2.24. The van der Waals surface area contributed by atoms with Gasteiger partial charge < -0.3 is 24.4 Å². The highest BCUT2D eigenvalue weighted by molar-refractivity contribution is 5.94. The van der Waals surface area contributed by atoms with Gasteiger partial charge in [0.25, 0.3) is 0 Å². The number of anilines is 1. The molecule has 0 unspecified atom stereocenters. The molecule has 29 heavy (non-hydrogen) atoms. The van der Waals surface area contributed by atoms with Crippen molar-refractivity contribution >= 4 is 11.5 Å². The zero-order valence-corrected chi connectivity index (χ0v) is 16.9. The van der Waals surface area contributed by atoms with Gasteiger partial charge in [-0.3, -0.25) is 4.79 Å². The standard InChI is InChI=1S/C22H27FN2O4/c1-16(26)17-7-8-21(22(13-17)28-2)29-15-18(27)14-24-9-11-25(12-10-24)20-6-4-3-5-19(20)23/h3-8,13,18,27H,9-12,14-15H2,1-2H3/p+1/t18-/m0/s1. The molecule has 7 heteroatoms. The smallest absolute Gasteiger partial charge is 0.161 e. The molecule has 3 rings (SSSR count). The van der Waals surface area contributed by atoms with Crippen molar-refractivity contribution in [3.05, 3.63) is 53.8 Å². The third-order valence-electron chi connectivity index (χ3n) is 5.19. The number of nitrogens with one attached hydrogen (secondary N) is 1. The van der Waals surface area contributed by atoms with Gasteiger partial charge >= 0.3 is 0 Å². The Bertz CT molecular complexity index is 837. The van der Waals surface area contributed by atoms with E-state index in [2.05, 4.69) is 0 Å². The van der Waals surface area contributed by atoms with Crippen molar-refractivity contribution < 1.29 is 28.7 Å². The Morgan fingerprint density at radius 2 is 1.93 bits per heavy atom. The summed E-state index contributed by atoms with van der Waals surface area (Å²) in [7, 11) is 1.52. The van der Waals surface area contributed by atoms with Crippen LogP contribution in [0.5, 0.6) is 11.5 Å². The molecule has 2 N–H and O–H groups in total. The molecule has 6 nitrogen and oxygen atoms in total. The molecular weight excluding hydrogens is 375 g/mol. The summed E-state index contributed by atoms with van der Waals surface area (Å²) in [4.78, 5) is 14.8. The molecule has 156 valence electrons. The molecule has 0 amide bonds. The number of nitrogens with zero attached hydrogens (tertiary/aromatic N) is 1. The monoisotopic (exact) mass is 403 g/mol. The Balaban J connectivity index is 1.48. The van der Waals surface area contributed by atoms with Gasteiger partial charge in [-0.15, -0.1) is 0 Å². The topological polar surface area (TPSA) is 63.4 Å². The van der Waals surface area contributed by atoms with E-state index in [1.807, 2.05) is 11.0 Å². The third kappa shape index (κ3) is 5.46. The molecule has 1 aliphatic rings. The Kier molecular flexibility index (Phi) is 7.06. The largest absolute Gasteiger partial charge is 0.493 e. The van der Waals surface area contributed by atoms with Crippen LogP contribution in [0.15, 0.2) is 42.5 Å². The maximum atomic E-state index is 13.9. The third-order valence-corrected chi connectivity index (χ3v) is 5.19. The molecule has 2 aromatic rings. The first-order valence-corrected chi connectivity index (χ1v) is 9.81. The maximum Gasteiger partial charge on any atom is 0.161 e. The van der Waals surface area contributed by atoms with E-state index < -0.39 is 6.10 Å². The Morgan fingerprint density at radius 1 is 1.21 bits per heavy atom. The van der Waals surface area contributed by atoms with Crippen LogP contribution in [0.4, 0.5) is 10.1 Å². The van der Waals surface area contributed by atoms with Gasteiger partial charge in [-0.25, -0.2) is 4.39 Å². The number of aliphatic hydroxyl groups is 1. The maximum absolute atomic E-state index is 13.9. The number of quaternary nitrogens is 1. The van der Waals surface area contributed by atoms with Crippen LogP contribution >= 0.6 is 0 Å². The van der Waals surface area contributed by atoms with Gasteiger partial charge in [0, 0.05) is 5.56 Å². The second kappa shape index (κ2) is 9.71. The molecule has 1 aliphatic heterocycles. The lowest BCUT2D eigenvalue weighted by atomic mass is 10.1. The van der Waals surface area contributed by atoms with Gasteiger partial charge in [0.1, 0.15) is 25.1 Å². The molecule has 0 spiro atoms. The van der Waals surface area contributed by atoms with E-state index in [1.54, 1.807) is 30.3 Å². The molecule has 1 fully saturated rings. The second-order valence-electron chi connectivity index (χ2n) is 7.28. The molecule has 1 saturated heterocycles. The molecule has 1 heterocycles. The number of halogens is 1.